The number of likely N-dealkylation sites (tertiary alicyclic amines) is 1. The van der Waals surface area contributed by atoms with Crippen molar-refractivity contribution < 1.29 is 9.59 Å². The second-order valence-corrected chi connectivity index (χ2v) is 7.43. The Morgan fingerprint density at radius 3 is 2.37 bits per heavy atom. The molecule has 1 aliphatic heterocycles. The molecule has 2 aromatic rings. The van der Waals surface area contributed by atoms with Gasteiger partial charge in [0.05, 0.1) is 0 Å². The molecule has 1 fully saturated rings. The molecule has 0 atom stereocenters. The van der Waals surface area contributed by atoms with Crippen LogP contribution in [0.2, 0.25) is 0 Å². The Kier molecular flexibility index (Phi) is 6.28. The predicted octanol–water partition coefficient (Wildman–Crippen LogP) is 3.67. The van der Waals surface area contributed by atoms with E-state index in [4.69, 9.17) is 0 Å². The van der Waals surface area contributed by atoms with Crippen molar-refractivity contribution in [2.75, 3.05) is 6.54 Å². The summed E-state index contributed by atoms with van der Waals surface area (Å²) in [4.78, 5) is 25.7. The summed E-state index contributed by atoms with van der Waals surface area (Å²) in [6, 6.07) is 14.5. The largest absolute Gasteiger partial charge is 0.352 e. The number of rotatable bonds is 7. The van der Waals surface area contributed by atoms with Crippen molar-refractivity contribution >= 4 is 11.8 Å². The summed E-state index contributed by atoms with van der Waals surface area (Å²) in [6.45, 7) is 6.27. The van der Waals surface area contributed by atoms with Crippen LogP contribution >= 0.6 is 0 Å². The van der Waals surface area contributed by atoms with Gasteiger partial charge in [-0.15, -0.1) is 0 Å². The van der Waals surface area contributed by atoms with E-state index in [-0.39, 0.29) is 11.8 Å². The highest BCUT2D eigenvalue weighted by molar-refractivity contribution is 5.78. The first-order valence-electron chi connectivity index (χ1n) is 9.70. The molecule has 0 aromatic heterocycles. The molecule has 1 saturated heterocycles. The minimum Gasteiger partial charge on any atom is -0.352 e. The monoisotopic (exact) mass is 364 g/mol. The highest BCUT2D eigenvalue weighted by Crippen LogP contribution is 2.15. The van der Waals surface area contributed by atoms with E-state index in [0.29, 0.717) is 25.9 Å². The first-order valence-corrected chi connectivity index (χ1v) is 9.70. The summed E-state index contributed by atoms with van der Waals surface area (Å²) in [5.41, 5.74) is 5.96. The topological polar surface area (TPSA) is 49.4 Å². The van der Waals surface area contributed by atoms with Crippen LogP contribution in [0.5, 0.6) is 0 Å². The van der Waals surface area contributed by atoms with Gasteiger partial charge in [-0.1, -0.05) is 42.5 Å². The number of hydrogen-bond donors (Lipinski definition) is 1. The molecular weight excluding hydrogens is 336 g/mol. The zero-order valence-electron chi connectivity index (χ0n) is 16.3. The molecule has 0 spiro atoms. The third-order valence-electron chi connectivity index (χ3n) is 5.27. The van der Waals surface area contributed by atoms with Crippen molar-refractivity contribution in [3.8, 4) is 0 Å². The number of nitrogens with zero attached hydrogens (tertiary/aromatic N) is 1. The minimum atomic E-state index is 0.0694. The van der Waals surface area contributed by atoms with Crippen molar-refractivity contribution in [3.05, 3.63) is 70.3 Å². The Labute approximate surface area is 161 Å². The molecule has 2 aromatic carbocycles. The normalized spacial score (nSPS) is 13.9. The molecule has 1 heterocycles. The van der Waals surface area contributed by atoms with E-state index in [1.807, 2.05) is 29.2 Å². The van der Waals surface area contributed by atoms with Gasteiger partial charge in [0.15, 0.2) is 0 Å². The summed E-state index contributed by atoms with van der Waals surface area (Å²) < 4.78 is 0. The van der Waals surface area contributed by atoms with Crippen molar-refractivity contribution in [2.45, 2.75) is 52.6 Å². The second kappa shape index (κ2) is 8.85. The van der Waals surface area contributed by atoms with Crippen LogP contribution in [0.4, 0.5) is 0 Å². The quantitative estimate of drug-likeness (QED) is 0.815. The fraction of sp³-hybridized carbons (Fsp3) is 0.391. The lowest BCUT2D eigenvalue weighted by Crippen LogP contribution is -2.24. The number of amides is 2. The van der Waals surface area contributed by atoms with E-state index < -0.39 is 0 Å². The molecule has 142 valence electrons. The number of aryl methyl sites for hydroxylation is 3. The standard InChI is InChI=1S/C23H28N2O2/c1-17-5-6-19(14-18(17)2)11-12-22(26)24-15-20-7-9-21(10-8-20)16-25-13-3-4-23(25)27/h5-10,14H,3-4,11-13,15-16H2,1-2H3,(H,24,26). The van der Waals surface area contributed by atoms with Gasteiger partial charge < -0.3 is 10.2 Å². The lowest BCUT2D eigenvalue weighted by Gasteiger charge is -2.15. The fourth-order valence-corrected chi connectivity index (χ4v) is 3.36. The van der Waals surface area contributed by atoms with Gasteiger partial charge in [-0.25, -0.2) is 0 Å². The molecule has 1 N–H and O–H groups in total. The smallest absolute Gasteiger partial charge is 0.222 e. The van der Waals surface area contributed by atoms with Crippen molar-refractivity contribution in [1.82, 2.24) is 10.2 Å². The Hall–Kier alpha value is -2.62. The molecular formula is C23H28N2O2. The molecule has 0 radical (unpaired) electrons. The van der Waals surface area contributed by atoms with Gasteiger partial charge in [0.25, 0.3) is 0 Å². The van der Waals surface area contributed by atoms with Crippen LogP contribution in [-0.2, 0) is 29.1 Å². The van der Waals surface area contributed by atoms with E-state index in [1.165, 1.54) is 16.7 Å². The van der Waals surface area contributed by atoms with Gasteiger partial charge in [-0.3, -0.25) is 9.59 Å². The average molecular weight is 364 g/mol. The molecule has 0 aliphatic carbocycles. The van der Waals surface area contributed by atoms with E-state index >= 15 is 0 Å². The zero-order chi connectivity index (χ0) is 19.2. The van der Waals surface area contributed by atoms with Crippen molar-refractivity contribution in [3.63, 3.8) is 0 Å². The first-order chi connectivity index (χ1) is 13.0. The molecule has 27 heavy (non-hydrogen) atoms. The predicted molar refractivity (Wildman–Crippen MR) is 107 cm³/mol. The molecule has 3 rings (SSSR count). The maximum absolute atomic E-state index is 12.1. The van der Waals surface area contributed by atoms with Crippen LogP contribution in [0.3, 0.4) is 0 Å². The number of carbonyl (C=O) groups is 2. The Balaban J connectivity index is 1.43. The summed E-state index contributed by atoms with van der Waals surface area (Å²) in [5.74, 6) is 0.315. The lowest BCUT2D eigenvalue weighted by atomic mass is 10.0. The fourth-order valence-electron chi connectivity index (χ4n) is 3.36. The van der Waals surface area contributed by atoms with Crippen LogP contribution in [-0.4, -0.2) is 23.3 Å². The Morgan fingerprint density at radius 2 is 1.70 bits per heavy atom. The van der Waals surface area contributed by atoms with Gasteiger partial charge >= 0.3 is 0 Å². The highest BCUT2D eigenvalue weighted by Gasteiger charge is 2.19. The first kappa shape index (κ1) is 19.2. The molecule has 0 bridgehead atoms. The molecule has 1 aliphatic rings. The van der Waals surface area contributed by atoms with Crippen LogP contribution in [0.1, 0.15) is 47.1 Å². The molecule has 4 nitrogen and oxygen atoms in total. The number of nitrogens with one attached hydrogen (secondary N) is 1. The Bertz CT molecular complexity index is 812. The summed E-state index contributed by atoms with van der Waals surface area (Å²) in [6.07, 6.45) is 2.89. The van der Waals surface area contributed by atoms with Crippen molar-refractivity contribution in [1.29, 1.82) is 0 Å². The molecule has 4 heteroatoms. The SMILES string of the molecule is Cc1ccc(CCC(=O)NCc2ccc(CN3CCCC3=O)cc2)cc1C. The van der Waals surface area contributed by atoms with E-state index in [9.17, 15) is 9.59 Å². The maximum Gasteiger partial charge on any atom is 0.222 e. The van der Waals surface area contributed by atoms with Crippen LogP contribution in [0.15, 0.2) is 42.5 Å². The van der Waals surface area contributed by atoms with Gasteiger partial charge in [0, 0.05) is 32.5 Å². The average Bonchev–Trinajstić information content (AvgIpc) is 3.07. The second-order valence-electron chi connectivity index (χ2n) is 7.43. The minimum absolute atomic E-state index is 0.0694. The van der Waals surface area contributed by atoms with Gasteiger partial charge in [-0.05, 0) is 54.5 Å². The summed E-state index contributed by atoms with van der Waals surface area (Å²) in [5, 5.41) is 2.99. The van der Waals surface area contributed by atoms with E-state index in [0.717, 1.165) is 30.5 Å². The van der Waals surface area contributed by atoms with E-state index in [2.05, 4.69) is 37.4 Å². The highest BCUT2D eigenvalue weighted by atomic mass is 16.2. The summed E-state index contributed by atoms with van der Waals surface area (Å²) in [7, 11) is 0. The van der Waals surface area contributed by atoms with Crippen LogP contribution < -0.4 is 5.32 Å². The molecule has 0 saturated carbocycles. The number of hydrogen-bond acceptors (Lipinski definition) is 2. The third kappa shape index (κ3) is 5.43. The summed E-state index contributed by atoms with van der Waals surface area (Å²) >= 11 is 0. The van der Waals surface area contributed by atoms with Gasteiger partial charge in [-0.2, -0.15) is 0 Å². The zero-order valence-corrected chi connectivity index (χ0v) is 16.3. The van der Waals surface area contributed by atoms with Crippen LogP contribution in [0, 0.1) is 13.8 Å². The maximum atomic E-state index is 12.1. The molecule has 0 unspecified atom stereocenters. The number of carbonyl (C=O) groups excluding carboxylic acids is 2. The third-order valence-corrected chi connectivity index (χ3v) is 5.27. The van der Waals surface area contributed by atoms with Crippen molar-refractivity contribution in [2.24, 2.45) is 0 Å². The lowest BCUT2D eigenvalue weighted by molar-refractivity contribution is -0.128. The Morgan fingerprint density at radius 1 is 1.00 bits per heavy atom. The van der Waals surface area contributed by atoms with E-state index in [1.54, 1.807) is 0 Å². The van der Waals surface area contributed by atoms with Gasteiger partial charge in [0.2, 0.25) is 11.8 Å². The number of benzene rings is 2. The van der Waals surface area contributed by atoms with Crippen LogP contribution in [0.25, 0.3) is 0 Å². The van der Waals surface area contributed by atoms with Gasteiger partial charge in [0.1, 0.15) is 0 Å². The molecule has 2 amide bonds.